The van der Waals surface area contributed by atoms with Crippen LogP contribution < -0.4 is 9.47 Å². The molecule has 0 aromatic heterocycles. The van der Waals surface area contributed by atoms with E-state index in [-0.39, 0.29) is 18.2 Å². The highest BCUT2D eigenvalue weighted by Crippen LogP contribution is 2.38. The van der Waals surface area contributed by atoms with Crippen LogP contribution in [-0.4, -0.2) is 44.5 Å². The van der Waals surface area contributed by atoms with Gasteiger partial charge in [-0.05, 0) is 71.8 Å². The Kier molecular flexibility index (Phi) is 8.86. The molecular formula is C32H34ClNO3. The number of benzene rings is 3. The van der Waals surface area contributed by atoms with Crippen molar-refractivity contribution >= 4 is 35.9 Å². The fraction of sp³-hybridized carbons (Fsp3) is 0.281. The topological polar surface area (TPSA) is 38.8 Å². The molecule has 0 saturated carbocycles. The number of Topliss-reactive ketones (excluding diaryl/α,β-unsaturated/α-hetero) is 1. The molecule has 1 fully saturated rings. The third-order valence-corrected chi connectivity index (χ3v) is 7.30. The number of carbonyl (C=O) groups is 1. The highest BCUT2D eigenvalue weighted by molar-refractivity contribution is 5.97. The molecule has 0 radical (unpaired) electrons. The highest BCUT2D eigenvalue weighted by Gasteiger charge is 2.22. The molecule has 1 heterocycles. The molecular weight excluding hydrogens is 482 g/mol. The van der Waals surface area contributed by atoms with Crippen LogP contribution in [0, 0.1) is 0 Å². The van der Waals surface area contributed by atoms with E-state index in [9.17, 15) is 4.79 Å². The average molecular weight is 516 g/mol. The normalized spacial score (nSPS) is 14.8. The van der Waals surface area contributed by atoms with Crippen LogP contribution in [0.1, 0.15) is 58.3 Å². The monoisotopic (exact) mass is 515 g/mol. The van der Waals surface area contributed by atoms with E-state index in [1.165, 1.54) is 33.4 Å². The second-order valence-corrected chi connectivity index (χ2v) is 9.42. The van der Waals surface area contributed by atoms with Gasteiger partial charge in [-0.2, -0.15) is 0 Å². The van der Waals surface area contributed by atoms with Crippen molar-refractivity contribution in [1.82, 2.24) is 4.90 Å². The van der Waals surface area contributed by atoms with Crippen LogP contribution >= 0.6 is 12.4 Å². The van der Waals surface area contributed by atoms with Gasteiger partial charge in [0, 0.05) is 25.1 Å². The molecule has 3 aromatic rings. The number of ether oxygens (including phenoxy) is 2. The van der Waals surface area contributed by atoms with E-state index in [1.807, 2.05) is 6.07 Å². The van der Waals surface area contributed by atoms with Gasteiger partial charge >= 0.3 is 0 Å². The summed E-state index contributed by atoms with van der Waals surface area (Å²) in [6.45, 7) is 3.00. The molecule has 0 atom stereocenters. The van der Waals surface area contributed by atoms with Crippen LogP contribution in [-0.2, 0) is 0 Å². The third-order valence-electron chi connectivity index (χ3n) is 7.30. The second kappa shape index (κ2) is 12.3. The van der Waals surface area contributed by atoms with Crippen molar-refractivity contribution in [2.75, 3.05) is 33.9 Å². The van der Waals surface area contributed by atoms with E-state index >= 15 is 0 Å². The third kappa shape index (κ3) is 5.82. The second-order valence-electron chi connectivity index (χ2n) is 9.42. The van der Waals surface area contributed by atoms with E-state index in [0.29, 0.717) is 23.5 Å². The summed E-state index contributed by atoms with van der Waals surface area (Å²) in [5, 5.41) is 0. The summed E-state index contributed by atoms with van der Waals surface area (Å²) in [5.74, 6) is 1.38. The molecule has 37 heavy (non-hydrogen) atoms. The van der Waals surface area contributed by atoms with Gasteiger partial charge in [-0.15, -0.1) is 12.4 Å². The summed E-state index contributed by atoms with van der Waals surface area (Å²) >= 11 is 0. The number of piperidine rings is 1. The number of fused-ring (bicyclic) bond motifs is 2. The fourth-order valence-corrected chi connectivity index (χ4v) is 5.36. The van der Waals surface area contributed by atoms with Gasteiger partial charge in [0.25, 0.3) is 0 Å². The number of halogens is 1. The Morgan fingerprint density at radius 2 is 1.41 bits per heavy atom. The zero-order chi connectivity index (χ0) is 24.9. The van der Waals surface area contributed by atoms with Gasteiger partial charge in [0.15, 0.2) is 17.3 Å². The molecule has 1 saturated heterocycles. The van der Waals surface area contributed by atoms with Gasteiger partial charge in [-0.1, -0.05) is 66.3 Å². The maximum absolute atomic E-state index is 12.8. The molecule has 4 nitrogen and oxygen atoms in total. The first-order valence-electron chi connectivity index (χ1n) is 12.7. The van der Waals surface area contributed by atoms with Crippen molar-refractivity contribution in [3.63, 3.8) is 0 Å². The Hall–Kier alpha value is -3.34. The van der Waals surface area contributed by atoms with E-state index in [0.717, 1.165) is 38.9 Å². The van der Waals surface area contributed by atoms with Crippen molar-refractivity contribution < 1.29 is 14.3 Å². The van der Waals surface area contributed by atoms with Crippen molar-refractivity contribution in [3.05, 3.63) is 100 Å². The number of likely N-dealkylation sites (tertiary alicyclic amines) is 1. The van der Waals surface area contributed by atoms with Gasteiger partial charge in [0.05, 0.1) is 14.2 Å². The fourth-order valence-electron chi connectivity index (χ4n) is 5.36. The number of rotatable bonds is 7. The van der Waals surface area contributed by atoms with E-state index in [1.54, 1.807) is 26.4 Å². The number of hydrogen-bond donors (Lipinski definition) is 0. The minimum Gasteiger partial charge on any atom is -0.493 e. The number of ketones is 1. The zero-order valence-corrected chi connectivity index (χ0v) is 22.4. The largest absolute Gasteiger partial charge is 0.493 e. The summed E-state index contributed by atoms with van der Waals surface area (Å²) < 4.78 is 10.6. The van der Waals surface area contributed by atoms with Crippen LogP contribution in [0.25, 0.3) is 17.7 Å². The molecule has 0 bridgehead atoms. The number of hydrogen-bond acceptors (Lipinski definition) is 4. The maximum atomic E-state index is 12.8. The molecule has 2 aliphatic rings. The number of carbonyl (C=O) groups excluding carboxylic acids is 1. The van der Waals surface area contributed by atoms with Crippen molar-refractivity contribution in [2.45, 2.75) is 25.7 Å². The molecule has 0 unspecified atom stereocenters. The predicted molar refractivity (Wildman–Crippen MR) is 154 cm³/mol. The SMILES string of the molecule is COc1ccc(C(=O)CCCN2CCC(=C3c4ccccc4C=Cc4ccccc43)CC2)cc1OC.Cl. The van der Waals surface area contributed by atoms with Gasteiger partial charge in [0.2, 0.25) is 0 Å². The van der Waals surface area contributed by atoms with Gasteiger partial charge < -0.3 is 14.4 Å². The predicted octanol–water partition coefficient (Wildman–Crippen LogP) is 7.17. The molecule has 3 aromatic carbocycles. The van der Waals surface area contributed by atoms with Crippen molar-refractivity contribution in [2.24, 2.45) is 0 Å². The zero-order valence-electron chi connectivity index (χ0n) is 21.5. The molecule has 5 rings (SSSR count). The quantitative estimate of drug-likeness (QED) is 0.244. The first kappa shape index (κ1) is 26.7. The van der Waals surface area contributed by atoms with Gasteiger partial charge in [-0.25, -0.2) is 0 Å². The molecule has 192 valence electrons. The van der Waals surface area contributed by atoms with Crippen LogP contribution in [0.15, 0.2) is 72.3 Å². The molecule has 1 aliphatic carbocycles. The molecule has 0 spiro atoms. The lowest BCUT2D eigenvalue weighted by atomic mass is 9.86. The first-order valence-corrected chi connectivity index (χ1v) is 12.7. The molecule has 1 aliphatic heterocycles. The molecule has 0 amide bonds. The van der Waals surface area contributed by atoms with E-state index in [4.69, 9.17) is 9.47 Å². The molecule has 0 N–H and O–H groups in total. The lowest BCUT2D eigenvalue weighted by Crippen LogP contribution is -2.32. The lowest BCUT2D eigenvalue weighted by Gasteiger charge is -2.30. The maximum Gasteiger partial charge on any atom is 0.163 e. The highest BCUT2D eigenvalue weighted by atomic mass is 35.5. The lowest BCUT2D eigenvalue weighted by molar-refractivity contribution is 0.0973. The van der Waals surface area contributed by atoms with Crippen LogP contribution in [0.4, 0.5) is 0 Å². The van der Waals surface area contributed by atoms with E-state index < -0.39 is 0 Å². The Labute approximate surface area is 226 Å². The standard InChI is InChI=1S/C32H33NO3.ClH/c1-35-30-16-15-26(22-31(30)36-2)29(34)12-7-19-33-20-17-25(18-21-33)32-27-10-5-3-8-23(27)13-14-24-9-4-6-11-28(24)32;/h3-6,8-11,13-16,22H,7,12,17-21H2,1-2H3;1H. The van der Waals surface area contributed by atoms with Gasteiger partial charge in [-0.3, -0.25) is 4.79 Å². The minimum atomic E-state index is 0. The average Bonchev–Trinajstić information content (AvgIpc) is 3.10. The summed E-state index contributed by atoms with van der Waals surface area (Å²) in [5.41, 5.74) is 8.87. The Balaban J connectivity index is 0.00000320. The Morgan fingerprint density at radius 1 is 0.811 bits per heavy atom. The first-order chi connectivity index (χ1) is 17.7. The Morgan fingerprint density at radius 3 is 2.00 bits per heavy atom. The summed E-state index contributed by atoms with van der Waals surface area (Å²) in [7, 11) is 3.19. The summed E-state index contributed by atoms with van der Waals surface area (Å²) in [6.07, 6.45) is 7.99. The number of nitrogens with zero attached hydrogens (tertiary/aromatic N) is 1. The number of methoxy groups -OCH3 is 2. The summed E-state index contributed by atoms with van der Waals surface area (Å²) in [4.78, 5) is 15.2. The van der Waals surface area contributed by atoms with E-state index in [2.05, 4.69) is 65.6 Å². The van der Waals surface area contributed by atoms with Crippen molar-refractivity contribution in [1.29, 1.82) is 0 Å². The summed E-state index contributed by atoms with van der Waals surface area (Å²) in [6, 6.07) is 22.9. The van der Waals surface area contributed by atoms with Gasteiger partial charge in [0.1, 0.15) is 0 Å². The molecule has 5 heteroatoms. The van der Waals surface area contributed by atoms with Crippen molar-refractivity contribution in [3.8, 4) is 11.5 Å². The van der Waals surface area contributed by atoms with Crippen LogP contribution in [0.5, 0.6) is 11.5 Å². The van der Waals surface area contributed by atoms with Crippen LogP contribution in [0.2, 0.25) is 0 Å². The van der Waals surface area contributed by atoms with Crippen LogP contribution in [0.3, 0.4) is 0 Å². The smallest absolute Gasteiger partial charge is 0.163 e. The minimum absolute atomic E-state index is 0. The Bertz CT molecular complexity index is 1270.